The summed E-state index contributed by atoms with van der Waals surface area (Å²) in [6, 6.07) is 8.06. The Hall–Kier alpha value is -2.12. The Bertz CT molecular complexity index is 814. The Morgan fingerprint density at radius 1 is 0.969 bits per heavy atom. The van der Waals surface area contributed by atoms with Crippen molar-refractivity contribution >= 4 is 35.7 Å². The Morgan fingerprint density at radius 3 is 2.16 bits per heavy atom. The molecule has 2 unspecified atom stereocenters. The number of imide groups is 1. The zero-order valence-electron chi connectivity index (χ0n) is 19.0. The van der Waals surface area contributed by atoms with E-state index in [1.165, 1.54) is 4.90 Å². The molecule has 0 spiro atoms. The number of fused-ring (bicyclic) bond motifs is 1. The summed E-state index contributed by atoms with van der Waals surface area (Å²) in [5.41, 5.74) is 1.08. The lowest BCUT2D eigenvalue weighted by Gasteiger charge is -2.36. The number of rotatable bonds is 7. The van der Waals surface area contributed by atoms with Crippen molar-refractivity contribution in [2.75, 3.05) is 44.2 Å². The molecule has 1 aromatic carbocycles. The summed E-state index contributed by atoms with van der Waals surface area (Å²) >= 11 is 0. The first kappa shape index (κ1) is 24.5. The van der Waals surface area contributed by atoms with Gasteiger partial charge in [-0.05, 0) is 38.8 Å². The molecule has 0 bridgehead atoms. The van der Waals surface area contributed by atoms with Crippen molar-refractivity contribution < 1.29 is 19.1 Å². The standard InChI is InChI=1S/C24H33N3O4.ClH/c1-17(2)31-22-10-6-5-9-21(22)26-13-11-25(12-14-26)15-18(28)16-27-23(29)19-7-3-4-8-20(19)24(27)30;/h5-6,9-10,17,19-20H,3-4,7-8,11-16H2,1-2H3;1H. The summed E-state index contributed by atoms with van der Waals surface area (Å²) in [6.45, 7) is 7.37. The van der Waals surface area contributed by atoms with Crippen LogP contribution >= 0.6 is 12.4 Å². The third-order valence-corrected chi connectivity index (χ3v) is 6.61. The van der Waals surface area contributed by atoms with Crippen molar-refractivity contribution in [1.82, 2.24) is 9.80 Å². The normalized spacial score (nSPS) is 23.8. The number of benzene rings is 1. The molecule has 2 atom stereocenters. The maximum atomic E-state index is 12.7. The highest BCUT2D eigenvalue weighted by Crippen LogP contribution is 2.38. The molecular formula is C24H34ClN3O4. The van der Waals surface area contributed by atoms with E-state index in [0.29, 0.717) is 0 Å². The average molecular weight is 464 g/mol. The number of Topliss-reactive ketones (excluding diaryl/α,β-unsaturated/α-hetero) is 1. The van der Waals surface area contributed by atoms with Crippen molar-refractivity contribution in [3.05, 3.63) is 24.3 Å². The van der Waals surface area contributed by atoms with Gasteiger partial charge in [-0.25, -0.2) is 0 Å². The molecule has 32 heavy (non-hydrogen) atoms. The van der Waals surface area contributed by atoms with E-state index >= 15 is 0 Å². The van der Waals surface area contributed by atoms with Gasteiger partial charge in [-0.1, -0.05) is 25.0 Å². The van der Waals surface area contributed by atoms with E-state index in [9.17, 15) is 14.4 Å². The number of amides is 2. The van der Waals surface area contributed by atoms with E-state index in [4.69, 9.17) is 4.74 Å². The highest BCUT2D eigenvalue weighted by atomic mass is 35.5. The first-order chi connectivity index (χ1) is 14.9. The Balaban J connectivity index is 0.00000289. The fourth-order valence-corrected chi connectivity index (χ4v) is 5.08. The summed E-state index contributed by atoms with van der Waals surface area (Å²) < 4.78 is 5.95. The molecular weight excluding hydrogens is 430 g/mol. The van der Waals surface area contributed by atoms with Gasteiger partial charge in [-0.15, -0.1) is 12.4 Å². The van der Waals surface area contributed by atoms with Crippen LogP contribution in [0.2, 0.25) is 0 Å². The lowest BCUT2D eigenvalue weighted by Crippen LogP contribution is -2.49. The predicted octanol–water partition coefficient (Wildman–Crippen LogP) is 2.76. The molecule has 176 valence electrons. The molecule has 2 heterocycles. The molecule has 4 rings (SSSR count). The second kappa shape index (κ2) is 10.7. The minimum Gasteiger partial charge on any atom is -0.489 e. The van der Waals surface area contributed by atoms with E-state index in [2.05, 4.69) is 15.9 Å². The number of piperazine rings is 1. The van der Waals surface area contributed by atoms with Gasteiger partial charge in [0.2, 0.25) is 11.8 Å². The van der Waals surface area contributed by atoms with Gasteiger partial charge in [-0.2, -0.15) is 0 Å². The zero-order valence-corrected chi connectivity index (χ0v) is 19.8. The van der Waals surface area contributed by atoms with E-state index in [-0.39, 0.29) is 61.0 Å². The number of likely N-dealkylation sites (tertiary alicyclic amines) is 1. The molecule has 3 fully saturated rings. The predicted molar refractivity (Wildman–Crippen MR) is 125 cm³/mol. The molecule has 1 saturated carbocycles. The Morgan fingerprint density at radius 2 is 1.56 bits per heavy atom. The quantitative estimate of drug-likeness (QED) is 0.579. The van der Waals surface area contributed by atoms with Gasteiger partial charge in [0.05, 0.1) is 36.7 Å². The third kappa shape index (κ3) is 5.26. The molecule has 2 aliphatic heterocycles. The number of hydrogen-bond acceptors (Lipinski definition) is 6. The number of ether oxygens (including phenoxy) is 1. The van der Waals surface area contributed by atoms with E-state index < -0.39 is 0 Å². The second-order valence-corrected chi connectivity index (χ2v) is 9.20. The molecule has 1 aromatic rings. The van der Waals surface area contributed by atoms with Gasteiger partial charge in [-0.3, -0.25) is 24.2 Å². The number of anilines is 1. The van der Waals surface area contributed by atoms with Crippen molar-refractivity contribution in [3.8, 4) is 5.75 Å². The monoisotopic (exact) mass is 463 g/mol. The third-order valence-electron chi connectivity index (χ3n) is 6.61. The van der Waals surface area contributed by atoms with Gasteiger partial charge in [0, 0.05) is 26.2 Å². The highest BCUT2D eigenvalue weighted by Gasteiger charge is 2.48. The molecule has 8 heteroatoms. The number of hydrogen-bond donors (Lipinski definition) is 0. The van der Waals surface area contributed by atoms with Gasteiger partial charge >= 0.3 is 0 Å². The summed E-state index contributed by atoms with van der Waals surface area (Å²) in [5.74, 6) is 0.188. The first-order valence-electron chi connectivity index (χ1n) is 11.5. The van der Waals surface area contributed by atoms with Crippen LogP contribution in [0.1, 0.15) is 39.5 Å². The first-order valence-corrected chi connectivity index (χ1v) is 11.5. The minimum atomic E-state index is -0.189. The maximum absolute atomic E-state index is 12.7. The van der Waals surface area contributed by atoms with Crippen LogP contribution < -0.4 is 9.64 Å². The summed E-state index contributed by atoms with van der Waals surface area (Å²) in [7, 11) is 0. The van der Waals surface area contributed by atoms with Gasteiger partial charge in [0.25, 0.3) is 0 Å². The van der Waals surface area contributed by atoms with Crippen molar-refractivity contribution in [1.29, 1.82) is 0 Å². The Labute approximate surface area is 196 Å². The van der Waals surface area contributed by atoms with Crippen molar-refractivity contribution in [3.63, 3.8) is 0 Å². The summed E-state index contributed by atoms with van der Waals surface area (Å²) in [6.07, 6.45) is 3.67. The van der Waals surface area contributed by atoms with Gasteiger partial charge < -0.3 is 9.64 Å². The molecule has 1 aliphatic carbocycles. The smallest absolute Gasteiger partial charge is 0.233 e. The summed E-state index contributed by atoms with van der Waals surface area (Å²) in [5, 5.41) is 0. The molecule has 7 nitrogen and oxygen atoms in total. The van der Waals surface area contributed by atoms with Crippen LogP contribution in [0.5, 0.6) is 5.75 Å². The van der Waals surface area contributed by atoms with Crippen LogP contribution in [0, 0.1) is 11.8 Å². The molecule has 0 radical (unpaired) electrons. The van der Waals surface area contributed by atoms with Crippen LogP contribution in [0.15, 0.2) is 24.3 Å². The van der Waals surface area contributed by atoms with Gasteiger partial charge in [0.1, 0.15) is 5.75 Å². The lowest BCUT2D eigenvalue weighted by molar-refractivity contribution is -0.143. The zero-order chi connectivity index (χ0) is 22.0. The SMILES string of the molecule is CC(C)Oc1ccccc1N1CCN(CC(=O)CN2C(=O)C3CCCCC3C2=O)CC1.Cl. The number of carbonyl (C=O) groups excluding carboxylic acids is 3. The molecule has 0 aromatic heterocycles. The molecule has 2 amide bonds. The maximum Gasteiger partial charge on any atom is 0.233 e. The highest BCUT2D eigenvalue weighted by molar-refractivity contribution is 6.07. The number of nitrogens with zero attached hydrogens (tertiary/aromatic N) is 3. The van der Waals surface area contributed by atoms with Crippen LogP contribution in [0.3, 0.4) is 0 Å². The van der Waals surface area contributed by atoms with E-state index in [1.807, 2.05) is 32.0 Å². The fourth-order valence-electron chi connectivity index (χ4n) is 5.08. The van der Waals surface area contributed by atoms with Crippen molar-refractivity contribution in [2.45, 2.75) is 45.6 Å². The number of carbonyl (C=O) groups is 3. The van der Waals surface area contributed by atoms with Gasteiger partial charge in [0.15, 0.2) is 5.78 Å². The number of ketones is 1. The van der Waals surface area contributed by atoms with Crippen LogP contribution in [-0.2, 0) is 14.4 Å². The second-order valence-electron chi connectivity index (χ2n) is 9.20. The fraction of sp³-hybridized carbons (Fsp3) is 0.625. The summed E-state index contributed by atoms with van der Waals surface area (Å²) in [4.78, 5) is 43.5. The Kier molecular flexibility index (Phi) is 8.17. The van der Waals surface area contributed by atoms with Crippen LogP contribution in [0.4, 0.5) is 5.69 Å². The molecule has 2 saturated heterocycles. The van der Waals surface area contributed by atoms with E-state index in [1.54, 1.807) is 0 Å². The van der Waals surface area contributed by atoms with E-state index in [0.717, 1.165) is 63.3 Å². The average Bonchev–Trinajstić information content (AvgIpc) is 2.99. The van der Waals surface area contributed by atoms with Crippen LogP contribution in [-0.4, -0.2) is 72.8 Å². The minimum absolute atomic E-state index is 0. The lowest BCUT2D eigenvalue weighted by atomic mass is 9.81. The number of halogens is 1. The molecule has 0 N–H and O–H groups in total. The molecule has 3 aliphatic rings. The topological polar surface area (TPSA) is 70.2 Å². The van der Waals surface area contributed by atoms with Crippen LogP contribution in [0.25, 0.3) is 0 Å². The number of para-hydroxylation sites is 2. The largest absolute Gasteiger partial charge is 0.489 e. The van der Waals surface area contributed by atoms with Crippen molar-refractivity contribution in [2.24, 2.45) is 11.8 Å².